The van der Waals surface area contributed by atoms with Crippen molar-refractivity contribution in [3.05, 3.63) is 58.1 Å². The van der Waals surface area contributed by atoms with Crippen LogP contribution in [0.25, 0.3) is 0 Å². The van der Waals surface area contributed by atoms with E-state index in [2.05, 4.69) is 21.2 Å². The third kappa shape index (κ3) is 3.98. The Kier molecular flexibility index (Phi) is 5.22. The summed E-state index contributed by atoms with van der Waals surface area (Å²) < 4.78 is 6.01. The summed E-state index contributed by atoms with van der Waals surface area (Å²) in [4.78, 5) is 11.8. The Balaban J connectivity index is 2.13. The molecule has 2 aromatic rings. The number of para-hydroxylation sites is 1. The van der Waals surface area contributed by atoms with Gasteiger partial charge in [0.25, 0.3) is 0 Å². The molecular weight excluding hydrogens is 332 g/mol. The van der Waals surface area contributed by atoms with E-state index in [-0.39, 0.29) is 0 Å². The molecule has 0 aliphatic rings. The van der Waals surface area contributed by atoms with E-state index in [1.54, 1.807) is 19.1 Å². The van der Waals surface area contributed by atoms with Crippen molar-refractivity contribution in [3.63, 3.8) is 0 Å². The van der Waals surface area contributed by atoms with E-state index in [0.29, 0.717) is 24.4 Å². The summed E-state index contributed by atoms with van der Waals surface area (Å²) in [6, 6.07) is 13.3. The second kappa shape index (κ2) is 7.13. The van der Waals surface area contributed by atoms with Crippen LogP contribution in [0, 0.1) is 0 Å². The Morgan fingerprint density at radius 2 is 2.05 bits per heavy atom. The molecule has 0 bridgehead atoms. The fraction of sp³-hybridized carbons (Fsp3) is 0.188. The van der Waals surface area contributed by atoms with Crippen LogP contribution in [-0.2, 0) is 11.3 Å². The third-order valence-electron chi connectivity index (χ3n) is 2.97. The van der Waals surface area contributed by atoms with Gasteiger partial charge in [0.2, 0.25) is 0 Å². The predicted molar refractivity (Wildman–Crippen MR) is 88.3 cm³/mol. The van der Waals surface area contributed by atoms with Gasteiger partial charge in [-0.1, -0.05) is 34.1 Å². The Labute approximate surface area is 132 Å². The highest BCUT2D eigenvalue weighted by Gasteiger charge is 2.13. The highest BCUT2D eigenvalue weighted by Crippen LogP contribution is 2.24. The molecular formula is C16H17BrN2O2. The van der Waals surface area contributed by atoms with Crippen LogP contribution < -0.4 is 11.1 Å². The predicted octanol–water partition coefficient (Wildman–Crippen LogP) is 3.82. The zero-order chi connectivity index (χ0) is 15.2. The number of rotatable bonds is 5. The van der Waals surface area contributed by atoms with E-state index in [0.717, 1.165) is 15.7 Å². The van der Waals surface area contributed by atoms with Crippen molar-refractivity contribution in [2.75, 3.05) is 17.7 Å². The second-order valence-electron chi connectivity index (χ2n) is 4.47. The number of anilines is 2. The van der Waals surface area contributed by atoms with E-state index in [1.807, 2.05) is 30.3 Å². The van der Waals surface area contributed by atoms with Crippen LogP contribution in [0.5, 0.6) is 0 Å². The normalized spacial score (nSPS) is 10.2. The number of halogens is 1. The minimum Gasteiger partial charge on any atom is -0.462 e. The number of carbonyl (C=O) groups excluding carboxylic acids is 1. The Morgan fingerprint density at radius 1 is 1.29 bits per heavy atom. The van der Waals surface area contributed by atoms with E-state index in [4.69, 9.17) is 10.5 Å². The number of carbonyl (C=O) groups is 1. The van der Waals surface area contributed by atoms with Gasteiger partial charge in [-0.25, -0.2) is 4.79 Å². The van der Waals surface area contributed by atoms with Crippen LogP contribution in [0.2, 0.25) is 0 Å². The molecule has 0 heterocycles. The molecule has 0 atom stereocenters. The maximum Gasteiger partial charge on any atom is 0.340 e. The van der Waals surface area contributed by atoms with Crippen LogP contribution in [0.3, 0.4) is 0 Å². The molecule has 21 heavy (non-hydrogen) atoms. The second-order valence-corrected chi connectivity index (χ2v) is 5.39. The lowest BCUT2D eigenvalue weighted by atomic mass is 10.1. The standard InChI is InChI=1S/C16H17BrN2O2/c1-2-21-16(20)13-7-4-8-14(15(13)18)19-10-11-5-3-6-12(17)9-11/h3-9,19H,2,10,18H2,1H3. The van der Waals surface area contributed by atoms with Gasteiger partial charge >= 0.3 is 5.97 Å². The quantitative estimate of drug-likeness (QED) is 0.636. The van der Waals surface area contributed by atoms with Gasteiger partial charge in [-0.15, -0.1) is 0 Å². The van der Waals surface area contributed by atoms with Gasteiger partial charge in [-0.2, -0.15) is 0 Å². The van der Waals surface area contributed by atoms with E-state index in [1.165, 1.54) is 0 Å². The maximum absolute atomic E-state index is 11.8. The van der Waals surface area contributed by atoms with Gasteiger partial charge in [-0.05, 0) is 36.8 Å². The largest absolute Gasteiger partial charge is 0.462 e. The van der Waals surface area contributed by atoms with Crippen molar-refractivity contribution in [3.8, 4) is 0 Å². The first-order chi connectivity index (χ1) is 10.1. The van der Waals surface area contributed by atoms with Crippen molar-refractivity contribution in [2.45, 2.75) is 13.5 Å². The van der Waals surface area contributed by atoms with E-state index < -0.39 is 5.97 Å². The number of hydrogen-bond donors (Lipinski definition) is 2. The van der Waals surface area contributed by atoms with E-state index >= 15 is 0 Å². The van der Waals surface area contributed by atoms with Crippen LogP contribution >= 0.6 is 15.9 Å². The number of esters is 1. The molecule has 2 rings (SSSR count). The summed E-state index contributed by atoms with van der Waals surface area (Å²) in [6.07, 6.45) is 0. The molecule has 110 valence electrons. The molecule has 0 aromatic heterocycles. The zero-order valence-corrected chi connectivity index (χ0v) is 13.3. The smallest absolute Gasteiger partial charge is 0.340 e. The molecule has 0 aliphatic carbocycles. The first kappa shape index (κ1) is 15.4. The van der Waals surface area contributed by atoms with Crippen molar-refractivity contribution in [1.29, 1.82) is 0 Å². The fourth-order valence-electron chi connectivity index (χ4n) is 1.95. The van der Waals surface area contributed by atoms with Crippen molar-refractivity contribution >= 4 is 33.3 Å². The fourth-order valence-corrected chi connectivity index (χ4v) is 2.40. The van der Waals surface area contributed by atoms with Crippen LogP contribution in [0.1, 0.15) is 22.8 Å². The first-order valence-corrected chi connectivity index (χ1v) is 7.45. The lowest BCUT2D eigenvalue weighted by Crippen LogP contribution is -2.10. The Bertz CT molecular complexity index is 644. The summed E-state index contributed by atoms with van der Waals surface area (Å²) in [5.74, 6) is -0.402. The molecule has 0 spiro atoms. The summed E-state index contributed by atoms with van der Waals surface area (Å²) >= 11 is 3.44. The summed E-state index contributed by atoms with van der Waals surface area (Å²) in [5, 5.41) is 3.24. The molecule has 3 N–H and O–H groups in total. The van der Waals surface area contributed by atoms with Gasteiger partial charge in [0, 0.05) is 11.0 Å². The van der Waals surface area contributed by atoms with Gasteiger partial charge in [0.15, 0.2) is 0 Å². The molecule has 0 fully saturated rings. The molecule has 0 radical (unpaired) electrons. The first-order valence-electron chi connectivity index (χ1n) is 6.65. The molecule has 2 aromatic carbocycles. The molecule has 0 aliphatic heterocycles. The molecule has 0 saturated heterocycles. The summed E-state index contributed by atoms with van der Waals surface area (Å²) in [6.45, 7) is 2.72. The maximum atomic E-state index is 11.8. The number of nitrogens with two attached hydrogens (primary N) is 1. The summed E-state index contributed by atoms with van der Waals surface area (Å²) in [5.41, 5.74) is 8.67. The van der Waals surface area contributed by atoms with Gasteiger partial charge < -0.3 is 15.8 Å². The van der Waals surface area contributed by atoms with Crippen LogP contribution in [-0.4, -0.2) is 12.6 Å². The molecule has 0 saturated carbocycles. The van der Waals surface area contributed by atoms with Crippen LogP contribution in [0.4, 0.5) is 11.4 Å². The number of hydrogen-bond acceptors (Lipinski definition) is 4. The topological polar surface area (TPSA) is 64.3 Å². The summed E-state index contributed by atoms with van der Waals surface area (Å²) in [7, 11) is 0. The molecule has 0 unspecified atom stereocenters. The Hall–Kier alpha value is -2.01. The van der Waals surface area contributed by atoms with Gasteiger partial charge in [-0.3, -0.25) is 0 Å². The Morgan fingerprint density at radius 3 is 2.76 bits per heavy atom. The van der Waals surface area contributed by atoms with Gasteiger partial charge in [0.1, 0.15) is 0 Å². The lowest BCUT2D eigenvalue weighted by Gasteiger charge is -2.12. The van der Waals surface area contributed by atoms with Crippen LogP contribution in [0.15, 0.2) is 46.9 Å². The monoisotopic (exact) mass is 348 g/mol. The number of benzene rings is 2. The van der Waals surface area contributed by atoms with E-state index in [9.17, 15) is 4.79 Å². The highest BCUT2D eigenvalue weighted by molar-refractivity contribution is 9.10. The number of ether oxygens (including phenoxy) is 1. The molecule has 4 nitrogen and oxygen atoms in total. The average Bonchev–Trinajstić information content (AvgIpc) is 2.46. The van der Waals surface area contributed by atoms with Crippen molar-refractivity contribution in [1.82, 2.24) is 0 Å². The van der Waals surface area contributed by atoms with Crippen molar-refractivity contribution in [2.24, 2.45) is 0 Å². The minimum atomic E-state index is -0.402. The number of nitrogens with one attached hydrogen (secondary N) is 1. The van der Waals surface area contributed by atoms with Gasteiger partial charge in [0.05, 0.1) is 23.5 Å². The third-order valence-corrected chi connectivity index (χ3v) is 3.47. The SMILES string of the molecule is CCOC(=O)c1cccc(NCc2cccc(Br)c2)c1N. The molecule has 5 heteroatoms. The minimum absolute atomic E-state index is 0.327. The number of nitrogen functional groups attached to an aromatic ring is 1. The average molecular weight is 349 g/mol. The molecule has 0 amide bonds. The zero-order valence-electron chi connectivity index (χ0n) is 11.7. The van der Waals surface area contributed by atoms with Crippen molar-refractivity contribution < 1.29 is 9.53 Å². The lowest BCUT2D eigenvalue weighted by molar-refractivity contribution is 0.0527. The highest BCUT2D eigenvalue weighted by atomic mass is 79.9.